The predicted octanol–water partition coefficient (Wildman–Crippen LogP) is 4.84. The summed E-state index contributed by atoms with van der Waals surface area (Å²) in [6.45, 7) is 0. The Kier molecular flexibility index (Phi) is 4.80. The SMILES string of the molecule is Nc1c(Nc2ccc(C(F)(F)F)cc2)ncnc1Nc1ccc(F)c(F)c1. The highest BCUT2D eigenvalue weighted by atomic mass is 19.4. The molecule has 0 aliphatic rings. The Morgan fingerprint density at radius 3 is 1.89 bits per heavy atom. The van der Waals surface area contributed by atoms with Crippen molar-refractivity contribution in [3.63, 3.8) is 0 Å². The van der Waals surface area contributed by atoms with E-state index in [4.69, 9.17) is 5.73 Å². The summed E-state index contributed by atoms with van der Waals surface area (Å²) in [4.78, 5) is 7.86. The number of rotatable bonds is 4. The molecule has 4 N–H and O–H groups in total. The van der Waals surface area contributed by atoms with Gasteiger partial charge in [0.1, 0.15) is 12.0 Å². The molecular weight excluding hydrogens is 369 g/mol. The zero-order valence-corrected chi connectivity index (χ0v) is 13.5. The van der Waals surface area contributed by atoms with Gasteiger partial charge in [0.15, 0.2) is 23.3 Å². The molecule has 0 bridgehead atoms. The fourth-order valence-corrected chi connectivity index (χ4v) is 2.18. The van der Waals surface area contributed by atoms with Crippen LogP contribution < -0.4 is 16.4 Å². The number of benzene rings is 2. The van der Waals surface area contributed by atoms with Gasteiger partial charge in [-0.3, -0.25) is 0 Å². The van der Waals surface area contributed by atoms with Gasteiger partial charge >= 0.3 is 6.18 Å². The van der Waals surface area contributed by atoms with Crippen molar-refractivity contribution in [2.75, 3.05) is 16.4 Å². The minimum Gasteiger partial charge on any atom is -0.393 e. The van der Waals surface area contributed by atoms with Crippen LogP contribution in [-0.2, 0) is 6.18 Å². The molecule has 0 radical (unpaired) electrons. The molecule has 27 heavy (non-hydrogen) atoms. The number of anilines is 5. The van der Waals surface area contributed by atoms with Crippen LogP contribution in [0.2, 0.25) is 0 Å². The molecule has 3 aromatic rings. The van der Waals surface area contributed by atoms with Crippen LogP contribution in [0.1, 0.15) is 5.56 Å². The second kappa shape index (κ2) is 7.06. The van der Waals surface area contributed by atoms with Gasteiger partial charge in [-0.2, -0.15) is 13.2 Å². The summed E-state index contributed by atoms with van der Waals surface area (Å²) in [6.07, 6.45) is -3.28. The van der Waals surface area contributed by atoms with Crippen LogP contribution in [0, 0.1) is 11.6 Å². The van der Waals surface area contributed by atoms with E-state index in [-0.39, 0.29) is 23.0 Å². The molecule has 1 aromatic heterocycles. The second-order valence-electron chi connectivity index (χ2n) is 5.44. The molecule has 0 unspecified atom stereocenters. The molecule has 0 spiro atoms. The van der Waals surface area contributed by atoms with Crippen molar-refractivity contribution in [3.8, 4) is 0 Å². The molecule has 2 aromatic carbocycles. The lowest BCUT2D eigenvalue weighted by Gasteiger charge is -2.13. The third-order valence-electron chi connectivity index (χ3n) is 3.54. The molecule has 0 saturated heterocycles. The molecule has 1 heterocycles. The Morgan fingerprint density at radius 2 is 1.33 bits per heavy atom. The maximum absolute atomic E-state index is 13.3. The molecule has 0 amide bonds. The summed E-state index contributed by atoms with van der Waals surface area (Å²) >= 11 is 0. The number of nitrogen functional groups attached to an aromatic ring is 1. The van der Waals surface area contributed by atoms with Gasteiger partial charge in [0.25, 0.3) is 0 Å². The molecule has 10 heteroatoms. The largest absolute Gasteiger partial charge is 0.416 e. The number of nitrogens with one attached hydrogen (secondary N) is 2. The van der Waals surface area contributed by atoms with Crippen molar-refractivity contribution < 1.29 is 22.0 Å². The summed E-state index contributed by atoms with van der Waals surface area (Å²) in [7, 11) is 0. The Balaban J connectivity index is 1.81. The van der Waals surface area contributed by atoms with Crippen LogP contribution in [0.15, 0.2) is 48.8 Å². The minimum atomic E-state index is -4.44. The quantitative estimate of drug-likeness (QED) is 0.564. The first-order chi connectivity index (χ1) is 12.7. The van der Waals surface area contributed by atoms with E-state index in [1.54, 1.807) is 0 Å². The van der Waals surface area contributed by atoms with Crippen molar-refractivity contribution in [1.82, 2.24) is 9.97 Å². The van der Waals surface area contributed by atoms with Crippen molar-refractivity contribution in [1.29, 1.82) is 0 Å². The van der Waals surface area contributed by atoms with Gasteiger partial charge in [0, 0.05) is 17.4 Å². The van der Waals surface area contributed by atoms with Crippen LogP contribution in [-0.4, -0.2) is 9.97 Å². The van der Waals surface area contributed by atoms with Gasteiger partial charge in [-0.25, -0.2) is 18.7 Å². The number of nitrogens with zero attached hydrogens (tertiary/aromatic N) is 2. The van der Waals surface area contributed by atoms with Gasteiger partial charge in [-0.15, -0.1) is 0 Å². The van der Waals surface area contributed by atoms with E-state index >= 15 is 0 Å². The normalized spacial score (nSPS) is 11.3. The Labute approximate surface area is 150 Å². The lowest BCUT2D eigenvalue weighted by Crippen LogP contribution is -2.06. The standard InChI is InChI=1S/C17H12F5N5/c18-12-6-5-11(7-13(12)19)27-16-14(23)15(24-8-25-16)26-10-3-1-9(2-4-10)17(20,21)22/h1-8H,23H2,(H2,24,25,26,27). The number of hydrogen-bond donors (Lipinski definition) is 3. The number of aromatic nitrogens is 2. The number of hydrogen-bond acceptors (Lipinski definition) is 5. The topological polar surface area (TPSA) is 75.9 Å². The smallest absolute Gasteiger partial charge is 0.393 e. The van der Waals surface area contributed by atoms with E-state index in [1.165, 1.54) is 18.2 Å². The number of halogens is 5. The zero-order chi connectivity index (χ0) is 19.6. The lowest BCUT2D eigenvalue weighted by atomic mass is 10.2. The van der Waals surface area contributed by atoms with Gasteiger partial charge in [-0.05, 0) is 36.4 Å². The average Bonchev–Trinajstić information content (AvgIpc) is 2.61. The highest BCUT2D eigenvalue weighted by Crippen LogP contribution is 2.32. The van der Waals surface area contributed by atoms with E-state index in [0.717, 1.165) is 30.6 Å². The highest BCUT2D eigenvalue weighted by molar-refractivity contribution is 5.80. The molecule has 0 saturated carbocycles. The van der Waals surface area contributed by atoms with Gasteiger partial charge in [0.2, 0.25) is 0 Å². The molecule has 3 rings (SSSR count). The van der Waals surface area contributed by atoms with Crippen molar-refractivity contribution in [2.45, 2.75) is 6.18 Å². The minimum absolute atomic E-state index is 0.0436. The zero-order valence-electron chi connectivity index (χ0n) is 13.5. The molecule has 140 valence electrons. The second-order valence-corrected chi connectivity index (χ2v) is 5.44. The number of nitrogens with two attached hydrogens (primary N) is 1. The summed E-state index contributed by atoms with van der Waals surface area (Å²) in [5.74, 6) is -1.79. The van der Waals surface area contributed by atoms with E-state index in [9.17, 15) is 22.0 Å². The van der Waals surface area contributed by atoms with Gasteiger partial charge in [-0.1, -0.05) is 0 Å². The van der Waals surface area contributed by atoms with Crippen LogP contribution in [0.4, 0.5) is 50.6 Å². The fraction of sp³-hybridized carbons (Fsp3) is 0.0588. The first-order valence-corrected chi connectivity index (χ1v) is 7.51. The Morgan fingerprint density at radius 1 is 0.778 bits per heavy atom. The van der Waals surface area contributed by atoms with Crippen LogP contribution in [0.5, 0.6) is 0 Å². The lowest BCUT2D eigenvalue weighted by molar-refractivity contribution is -0.137. The summed E-state index contributed by atoms with van der Waals surface area (Å²) in [6, 6.07) is 7.46. The summed E-state index contributed by atoms with van der Waals surface area (Å²) < 4.78 is 64.1. The number of alkyl halides is 3. The van der Waals surface area contributed by atoms with Crippen molar-refractivity contribution >= 4 is 28.7 Å². The first-order valence-electron chi connectivity index (χ1n) is 7.51. The Bertz CT molecular complexity index is 957. The van der Waals surface area contributed by atoms with E-state index in [1.807, 2.05) is 0 Å². The molecular formula is C17H12F5N5. The Hall–Kier alpha value is -3.43. The van der Waals surface area contributed by atoms with Gasteiger partial charge in [0.05, 0.1) is 5.56 Å². The van der Waals surface area contributed by atoms with Crippen LogP contribution in [0.3, 0.4) is 0 Å². The molecule has 0 aliphatic carbocycles. The molecule has 0 atom stereocenters. The molecule has 5 nitrogen and oxygen atoms in total. The van der Waals surface area contributed by atoms with E-state index in [2.05, 4.69) is 20.6 Å². The average molecular weight is 381 g/mol. The fourth-order valence-electron chi connectivity index (χ4n) is 2.18. The molecule has 0 fully saturated rings. The van der Waals surface area contributed by atoms with Crippen LogP contribution in [0.25, 0.3) is 0 Å². The third-order valence-corrected chi connectivity index (χ3v) is 3.54. The summed E-state index contributed by atoms with van der Waals surface area (Å²) in [5.41, 5.74) is 5.74. The van der Waals surface area contributed by atoms with Crippen molar-refractivity contribution in [2.24, 2.45) is 0 Å². The molecule has 0 aliphatic heterocycles. The third kappa shape index (κ3) is 4.22. The maximum atomic E-state index is 13.3. The highest BCUT2D eigenvalue weighted by Gasteiger charge is 2.29. The van der Waals surface area contributed by atoms with Crippen LogP contribution >= 0.6 is 0 Å². The monoisotopic (exact) mass is 381 g/mol. The van der Waals surface area contributed by atoms with E-state index < -0.39 is 23.4 Å². The van der Waals surface area contributed by atoms with Gasteiger partial charge < -0.3 is 16.4 Å². The first kappa shape index (κ1) is 18.4. The maximum Gasteiger partial charge on any atom is 0.416 e. The predicted molar refractivity (Wildman–Crippen MR) is 90.8 cm³/mol. The van der Waals surface area contributed by atoms with Crippen molar-refractivity contribution in [3.05, 3.63) is 66.0 Å². The summed E-state index contributed by atoms with van der Waals surface area (Å²) in [5, 5.41) is 5.50. The van der Waals surface area contributed by atoms with E-state index in [0.29, 0.717) is 5.69 Å².